The summed E-state index contributed by atoms with van der Waals surface area (Å²) in [7, 11) is 0. The number of rotatable bonds is 0. The lowest BCUT2D eigenvalue weighted by atomic mass is 10.2. The van der Waals surface area contributed by atoms with E-state index in [1.54, 1.807) is 0 Å². The Labute approximate surface area is 58.9 Å². The van der Waals surface area contributed by atoms with Crippen LogP contribution in [0.25, 0.3) is 0 Å². The van der Waals surface area contributed by atoms with Crippen LogP contribution < -0.4 is 10.6 Å². The molecule has 1 amide bonds. The van der Waals surface area contributed by atoms with Gasteiger partial charge < -0.3 is 10.4 Å². The van der Waals surface area contributed by atoms with Gasteiger partial charge in [0.25, 0.3) is 5.91 Å². The Bertz CT molecular complexity index is 186. The van der Waals surface area contributed by atoms with Crippen molar-refractivity contribution >= 4 is 5.91 Å². The Hall–Kier alpha value is -0.870. The minimum absolute atomic E-state index is 0.302. The van der Waals surface area contributed by atoms with Gasteiger partial charge in [0, 0.05) is 12.1 Å². The van der Waals surface area contributed by atoms with Gasteiger partial charge in [-0.1, -0.05) is 6.58 Å². The fraction of sp³-hybridized carbons (Fsp3) is 0.500. The van der Waals surface area contributed by atoms with E-state index in [2.05, 4.69) is 17.2 Å². The summed E-state index contributed by atoms with van der Waals surface area (Å²) in [5.41, 5.74) is 0.437. The average Bonchev–Trinajstić information content (AvgIpc) is 1.79. The van der Waals surface area contributed by atoms with Crippen LogP contribution in [-0.2, 0) is 4.79 Å². The predicted octanol–water partition coefficient (Wildman–Crippen LogP) is -1.07. The molecule has 1 aliphatic heterocycles. The maximum absolute atomic E-state index is 10.8. The topological polar surface area (TPSA) is 61.4 Å². The second-order valence-electron chi connectivity index (χ2n) is 2.48. The molecule has 0 radical (unpaired) electrons. The van der Waals surface area contributed by atoms with Gasteiger partial charge in [0.1, 0.15) is 0 Å². The molecule has 0 aromatic carbocycles. The number of hydrogen-bond acceptors (Lipinski definition) is 3. The zero-order valence-corrected chi connectivity index (χ0v) is 5.77. The zero-order valence-electron chi connectivity index (χ0n) is 5.77. The summed E-state index contributed by atoms with van der Waals surface area (Å²) in [6.07, 6.45) is 0. The SMILES string of the molecule is C=C1CNC(C)(O)NC1=O. The van der Waals surface area contributed by atoms with Crippen LogP contribution in [0.1, 0.15) is 6.92 Å². The van der Waals surface area contributed by atoms with Crippen LogP contribution in [0.15, 0.2) is 12.2 Å². The van der Waals surface area contributed by atoms with Crippen LogP contribution >= 0.6 is 0 Å². The Kier molecular flexibility index (Phi) is 1.50. The van der Waals surface area contributed by atoms with Gasteiger partial charge in [-0.05, 0) is 6.92 Å². The summed E-state index contributed by atoms with van der Waals surface area (Å²) in [4.78, 5) is 10.8. The summed E-state index contributed by atoms with van der Waals surface area (Å²) in [5.74, 6) is -1.58. The summed E-state index contributed by atoms with van der Waals surface area (Å²) in [6, 6.07) is 0. The van der Waals surface area contributed by atoms with Gasteiger partial charge in [0.05, 0.1) is 0 Å². The van der Waals surface area contributed by atoms with Crippen molar-refractivity contribution in [2.45, 2.75) is 12.8 Å². The molecule has 4 heteroatoms. The number of amides is 1. The summed E-state index contributed by atoms with van der Waals surface area (Å²) in [5, 5.41) is 14.2. The lowest BCUT2D eigenvalue weighted by Crippen LogP contribution is -2.61. The van der Waals surface area contributed by atoms with E-state index in [0.717, 1.165) is 0 Å². The van der Waals surface area contributed by atoms with Crippen molar-refractivity contribution in [2.75, 3.05) is 6.54 Å². The molecule has 0 aliphatic carbocycles. The molecular formula is C6H10N2O2. The third-order valence-corrected chi connectivity index (χ3v) is 1.32. The molecule has 1 heterocycles. The molecular weight excluding hydrogens is 132 g/mol. The van der Waals surface area contributed by atoms with Crippen LogP contribution in [0.5, 0.6) is 0 Å². The normalized spacial score (nSPS) is 33.8. The molecule has 1 unspecified atom stereocenters. The minimum atomic E-state index is -1.28. The van der Waals surface area contributed by atoms with Crippen LogP contribution in [0.3, 0.4) is 0 Å². The quantitative estimate of drug-likeness (QED) is 0.377. The maximum atomic E-state index is 10.8. The van der Waals surface area contributed by atoms with Crippen LogP contribution in [0, 0.1) is 0 Å². The molecule has 56 valence electrons. The van der Waals surface area contributed by atoms with Crippen LogP contribution in [0.4, 0.5) is 0 Å². The minimum Gasteiger partial charge on any atom is -0.359 e. The van der Waals surface area contributed by atoms with Gasteiger partial charge in [-0.25, -0.2) is 0 Å². The fourth-order valence-corrected chi connectivity index (χ4v) is 0.713. The first kappa shape index (κ1) is 7.24. The number of hydrogen-bond donors (Lipinski definition) is 3. The van der Waals surface area contributed by atoms with E-state index in [-0.39, 0.29) is 5.91 Å². The molecule has 10 heavy (non-hydrogen) atoms. The van der Waals surface area contributed by atoms with Gasteiger partial charge in [-0.2, -0.15) is 0 Å². The summed E-state index contributed by atoms with van der Waals surface area (Å²) in [6.45, 7) is 5.28. The number of carbonyl (C=O) groups is 1. The first-order valence-electron chi connectivity index (χ1n) is 2.99. The fourth-order valence-electron chi connectivity index (χ4n) is 0.713. The van der Waals surface area contributed by atoms with Crippen LogP contribution in [-0.4, -0.2) is 23.4 Å². The van der Waals surface area contributed by atoms with Crippen molar-refractivity contribution < 1.29 is 9.90 Å². The summed E-state index contributed by atoms with van der Waals surface area (Å²) < 4.78 is 0. The highest BCUT2D eigenvalue weighted by molar-refractivity contribution is 5.94. The number of aliphatic hydroxyl groups is 1. The highest BCUT2D eigenvalue weighted by atomic mass is 16.3. The number of carbonyl (C=O) groups excluding carboxylic acids is 1. The first-order chi connectivity index (χ1) is 4.51. The Morgan fingerprint density at radius 3 is 2.80 bits per heavy atom. The van der Waals surface area contributed by atoms with Crippen LogP contribution in [0.2, 0.25) is 0 Å². The van der Waals surface area contributed by atoms with E-state index < -0.39 is 5.85 Å². The molecule has 4 nitrogen and oxygen atoms in total. The molecule has 0 saturated carbocycles. The Morgan fingerprint density at radius 2 is 2.40 bits per heavy atom. The second kappa shape index (κ2) is 2.07. The van der Waals surface area contributed by atoms with E-state index in [1.165, 1.54) is 6.92 Å². The van der Waals surface area contributed by atoms with Crippen molar-refractivity contribution in [1.82, 2.24) is 10.6 Å². The molecule has 0 spiro atoms. The lowest BCUT2D eigenvalue weighted by Gasteiger charge is -2.31. The van der Waals surface area contributed by atoms with Gasteiger partial charge in [-0.15, -0.1) is 0 Å². The molecule has 1 rings (SSSR count). The van der Waals surface area contributed by atoms with Gasteiger partial charge in [0.2, 0.25) is 0 Å². The second-order valence-corrected chi connectivity index (χ2v) is 2.48. The third-order valence-electron chi connectivity index (χ3n) is 1.32. The van der Waals surface area contributed by atoms with E-state index >= 15 is 0 Å². The van der Waals surface area contributed by atoms with Crippen molar-refractivity contribution in [1.29, 1.82) is 0 Å². The van der Waals surface area contributed by atoms with Gasteiger partial charge >= 0.3 is 0 Å². The van der Waals surface area contributed by atoms with Crippen molar-refractivity contribution in [3.8, 4) is 0 Å². The van der Waals surface area contributed by atoms with E-state index in [4.69, 9.17) is 0 Å². The molecule has 1 fully saturated rings. The number of nitrogens with one attached hydrogen (secondary N) is 2. The first-order valence-corrected chi connectivity index (χ1v) is 2.99. The largest absolute Gasteiger partial charge is 0.359 e. The monoisotopic (exact) mass is 142 g/mol. The molecule has 0 aromatic rings. The summed E-state index contributed by atoms with van der Waals surface area (Å²) >= 11 is 0. The van der Waals surface area contributed by atoms with E-state index in [1.807, 2.05) is 0 Å². The molecule has 3 N–H and O–H groups in total. The lowest BCUT2D eigenvalue weighted by molar-refractivity contribution is -0.128. The third kappa shape index (κ3) is 1.34. The highest BCUT2D eigenvalue weighted by Gasteiger charge is 2.28. The average molecular weight is 142 g/mol. The highest BCUT2D eigenvalue weighted by Crippen LogP contribution is 2.02. The molecule has 1 atom stereocenters. The molecule has 1 saturated heterocycles. The van der Waals surface area contributed by atoms with Gasteiger partial charge in [-0.3, -0.25) is 10.1 Å². The predicted molar refractivity (Wildman–Crippen MR) is 35.9 cm³/mol. The Morgan fingerprint density at radius 1 is 1.80 bits per heavy atom. The van der Waals surface area contributed by atoms with Crippen molar-refractivity contribution in [2.24, 2.45) is 0 Å². The zero-order chi connectivity index (χ0) is 7.78. The van der Waals surface area contributed by atoms with Crippen molar-refractivity contribution in [3.63, 3.8) is 0 Å². The van der Waals surface area contributed by atoms with Gasteiger partial charge in [0.15, 0.2) is 5.85 Å². The van der Waals surface area contributed by atoms with E-state index in [0.29, 0.717) is 12.1 Å². The smallest absolute Gasteiger partial charge is 0.251 e. The van der Waals surface area contributed by atoms with Crippen molar-refractivity contribution in [3.05, 3.63) is 12.2 Å². The Balaban J connectivity index is 2.66. The maximum Gasteiger partial charge on any atom is 0.251 e. The molecule has 0 aromatic heterocycles. The molecule has 0 bridgehead atoms. The van der Waals surface area contributed by atoms with E-state index in [9.17, 15) is 9.90 Å². The molecule has 1 aliphatic rings. The standard InChI is InChI=1S/C6H10N2O2/c1-4-3-7-6(2,10)8-5(4)9/h7,10H,1,3H2,2H3,(H,8,9).